The van der Waals surface area contributed by atoms with Crippen LogP contribution in [0.25, 0.3) is 11.3 Å². The zero-order valence-corrected chi connectivity index (χ0v) is 20.2. The minimum Gasteiger partial charge on any atom is -0.440 e. The van der Waals surface area contributed by atoms with Crippen molar-refractivity contribution in [2.45, 2.75) is 44.1 Å². The van der Waals surface area contributed by atoms with E-state index in [2.05, 4.69) is 45.5 Å². The van der Waals surface area contributed by atoms with Crippen molar-refractivity contribution >= 4 is 11.6 Å². The Balaban J connectivity index is 1.05. The smallest absolute Gasteiger partial charge is 0.271 e. The molecule has 2 atom stereocenters. The van der Waals surface area contributed by atoms with Crippen molar-refractivity contribution in [1.29, 1.82) is 0 Å². The first-order chi connectivity index (χ1) is 17.1. The summed E-state index contributed by atoms with van der Waals surface area (Å²) in [6, 6.07) is 18.8. The SMILES string of the molecule is NC(=O)c1nc(CCCN2CCC(CNC3CC3c3ccccc3)CC2)oc1-c1ccccc1N. The molecule has 2 aliphatic rings. The highest BCUT2D eigenvalue weighted by atomic mass is 16.4. The summed E-state index contributed by atoms with van der Waals surface area (Å²) in [6.07, 6.45) is 5.32. The monoisotopic (exact) mass is 473 g/mol. The first-order valence-corrected chi connectivity index (χ1v) is 12.7. The number of hydrogen-bond acceptors (Lipinski definition) is 6. The van der Waals surface area contributed by atoms with Crippen LogP contribution in [0.5, 0.6) is 0 Å². The number of carbonyl (C=O) groups is 1. The molecule has 7 nitrogen and oxygen atoms in total. The van der Waals surface area contributed by atoms with Crippen LogP contribution in [0.4, 0.5) is 5.69 Å². The van der Waals surface area contributed by atoms with Gasteiger partial charge in [-0.1, -0.05) is 42.5 Å². The number of oxazole rings is 1. The zero-order chi connectivity index (χ0) is 24.2. The summed E-state index contributed by atoms with van der Waals surface area (Å²) < 4.78 is 5.93. The number of para-hydroxylation sites is 1. The predicted molar refractivity (Wildman–Crippen MR) is 138 cm³/mol. The Morgan fingerprint density at radius 1 is 1.09 bits per heavy atom. The molecule has 1 aliphatic heterocycles. The molecule has 184 valence electrons. The van der Waals surface area contributed by atoms with E-state index in [0.717, 1.165) is 38.5 Å². The molecule has 2 heterocycles. The number of aryl methyl sites for hydroxylation is 1. The van der Waals surface area contributed by atoms with Gasteiger partial charge in [0.25, 0.3) is 5.91 Å². The number of nitrogens with one attached hydrogen (secondary N) is 1. The standard InChI is InChI=1S/C28H35N5O2/c29-23-10-5-4-9-21(23)27-26(28(30)34)32-25(35-27)11-6-14-33-15-12-19(13-16-33)18-31-24-17-22(24)20-7-2-1-3-8-20/h1-5,7-10,19,22,24,31H,6,11-18,29H2,(H2,30,34). The second-order valence-corrected chi connectivity index (χ2v) is 9.89. The normalized spacial score (nSPS) is 20.7. The third-order valence-electron chi connectivity index (χ3n) is 7.37. The van der Waals surface area contributed by atoms with E-state index in [9.17, 15) is 4.79 Å². The topological polar surface area (TPSA) is 110 Å². The Kier molecular flexibility index (Phi) is 7.16. The average molecular weight is 474 g/mol. The highest BCUT2D eigenvalue weighted by molar-refractivity contribution is 5.97. The van der Waals surface area contributed by atoms with Gasteiger partial charge in [0, 0.05) is 29.6 Å². The van der Waals surface area contributed by atoms with Crippen LogP contribution in [0.2, 0.25) is 0 Å². The van der Waals surface area contributed by atoms with Crippen molar-refractivity contribution in [3.8, 4) is 11.3 Å². The van der Waals surface area contributed by atoms with Gasteiger partial charge < -0.3 is 26.1 Å². The Morgan fingerprint density at radius 3 is 2.57 bits per heavy atom. The van der Waals surface area contributed by atoms with Crippen molar-refractivity contribution in [1.82, 2.24) is 15.2 Å². The minimum atomic E-state index is -0.602. The van der Waals surface area contributed by atoms with E-state index < -0.39 is 5.91 Å². The number of nitrogens with two attached hydrogens (primary N) is 2. The van der Waals surface area contributed by atoms with Crippen LogP contribution < -0.4 is 16.8 Å². The van der Waals surface area contributed by atoms with Gasteiger partial charge in [-0.05, 0) is 75.5 Å². The van der Waals surface area contributed by atoms with E-state index in [0.29, 0.717) is 41.3 Å². The van der Waals surface area contributed by atoms with Gasteiger partial charge in [-0.15, -0.1) is 0 Å². The molecule has 5 N–H and O–H groups in total. The van der Waals surface area contributed by atoms with Crippen molar-refractivity contribution < 1.29 is 9.21 Å². The number of nitrogen functional groups attached to an aromatic ring is 1. The molecular weight excluding hydrogens is 438 g/mol. The lowest BCUT2D eigenvalue weighted by atomic mass is 9.96. The summed E-state index contributed by atoms with van der Waals surface area (Å²) >= 11 is 0. The number of piperidine rings is 1. The molecule has 2 unspecified atom stereocenters. The number of nitrogens with zero attached hydrogens (tertiary/aromatic N) is 2. The molecular formula is C28H35N5O2. The molecule has 35 heavy (non-hydrogen) atoms. The van der Waals surface area contributed by atoms with Gasteiger partial charge in [-0.3, -0.25) is 4.79 Å². The summed E-state index contributed by atoms with van der Waals surface area (Å²) in [5.41, 5.74) is 14.4. The van der Waals surface area contributed by atoms with E-state index >= 15 is 0 Å². The number of primary amides is 1. The molecule has 5 rings (SSSR count). The summed E-state index contributed by atoms with van der Waals surface area (Å²) in [4.78, 5) is 18.8. The van der Waals surface area contributed by atoms with Crippen LogP contribution in [-0.4, -0.2) is 48.0 Å². The molecule has 0 radical (unpaired) electrons. The van der Waals surface area contributed by atoms with Gasteiger partial charge in [0.1, 0.15) is 0 Å². The van der Waals surface area contributed by atoms with Gasteiger partial charge in [0.05, 0.1) is 0 Å². The van der Waals surface area contributed by atoms with E-state index in [1.807, 2.05) is 18.2 Å². The van der Waals surface area contributed by atoms with Crippen LogP contribution in [0.15, 0.2) is 59.0 Å². The van der Waals surface area contributed by atoms with Crippen molar-refractivity contribution in [3.63, 3.8) is 0 Å². The average Bonchev–Trinajstić information content (AvgIpc) is 3.54. The van der Waals surface area contributed by atoms with Crippen LogP contribution in [0.1, 0.15) is 53.5 Å². The van der Waals surface area contributed by atoms with E-state index in [1.165, 1.54) is 24.8 Å². The first-order valence-electron chi connectivity index (χ1n) is 12.7. The summed E-state index contributed by atoms with van der Waals surface area (Å²) in [6.45, 7) is 4.38. The lowest BCUT2D eigenvalue weighted by Gasteiger charge is -2.32. The molecule has 1 saturated carbocycles. The van der Waals surface area contributed by atoms with E-state index in [-0.39, 0.29) is 5.69 Å². The molecule has 3 aromatic rings. The number of hydrogen-bond donors (Lipinski definition) is 3. The number of aromatic nitrogens is 1. The molecule has 7 heteroatoms. The predicted octanol–water partition coefficient (Wildman–Crippen LogP) is 3.81. The molecule has 1 aliphatic carbocycles. The fourth-order valence-corrected chi connectivity index (χ4v) is 5.20. The summed E-state index contributed by atoms with van der Waals surface area (Å²) in [7, 11) is 0. The maximum atomic E-state index is 11.9. The number of amides is 1. The molecule has 1 amide bonds. The Morgan fingerprint density at radius 2 is 1.83 bits per heavy atom. The first kappa shape index (κ1) is 23.6. The van der Waals surface area contributed by atoms with Crippen molar-refractivity contribution in [3.05, 3.63) is 71.7 Å². The summed E-state index contributed by atoms with van der Waals surface area (Å²) in [5.74, 6) is 1.75. The maximum Gasteiger partial charge on any atom is 0.271 e. The Hall–Kier alpha value is -3.16. The maximum absolute atomic E-state index is 11.9. The third-order valence-corrected chi connectivity index (χ3v) is 7.37. The van der Waals surface area contributed by atoms with Crippen LogP contribution in [-0.2, 0) is 6.42 Å². The molecule has 1 aromatic heterocycles. The Bertz CT molecular complexity index is 1140. The lowest BCUT2D eigenvalue weighted by Crippen LogP contribution is -2.38. The van der Waals surface area contributed by atoms with Gasteiger partial charge in [-0.2, -0.15) is 0 Å². The molecule has 0 spiro atoms. The number of rotatable bonds is 10. The molecule has 0 bridgehead atoms. The number of benzene rings is 2. The largest absolute Gasteiger partial charge is 0.440 e. The number of anilines is 1. The van der Waals surface area contributed by atoms with E-state index in [1.54, 1.807) is 6.07 Å². The second kappa shape index (κ2) is 10.6. The zero-order valence-electron chi connectivity index (χ0n) is 20.2. The lowest BCUT2D eigenvalue weighted by molar-refractivity contribution is 0.0996. The molecule has 1 saturated heterocycles. The molecule has 2 fully saturated rings. The van der Waals surface area contributed by atoms with Crippen LogP contribution in [0, 0.1) is 5.92 Å². The minimum absolute atomic E-state index is 0.149. The van der Waals surface area contributed by atoms with Crippen molar-refractivity contribution in [2.24, 2.45) is 11.7 Å². The third kappa shape index (κ3) is 5.74. The van der Waals surface area contributed by atoms with Gasteiger partial charge in [0.15, 0.2) is 17.3 Å². The second-order valence-electron chi connectivity index (χ2n) is 9.89. The van der Waals surface area contributed by atoms with Crippen LogP contribution >= 0.6 is 0 Å². The fourth-order valence-electron chi connectivity index (χ4n) is 5.20. The van der Waals surface area contributed by atoms with Gasteiger partial charge >= 0.3 is 0 Å². The number of likely N-dealkylation sites (tertiary alicyclic amines) is 1. The van der Waals surface area contributed by atoms with Crippen molar-refractivity contribution in [2.75, 3.05) is 31.9 Å². The highest BCUT2D eigenvalue weighted by Gasteiger charge is 2.38. The fraction of sp³-hybridized carbons (Fsp3) is 0.429. The number of carbonyl (C=O) groups excluding carboxylic acids is 1. The van der Waals surface area contributed by atoms with Gasteiger partial charge in [-0.25, -0.2) is 4.98 Å². The Labute approximate surface area is 206 Å². The van der Waals surface area contributed by atoms with Crippen LogP contribution in [0.3, 0.4) is 0 Å². The summed E-state index contributed by atoms with van der Waals surface area (Å²) in [5, 5.41) is 3.80. The quantitative estimate of drug-likeness (QED) is 0.386. The highest BCUT2D eigenvalue weighted by Crippen LogP contribution is 2.40. The molecule has 2 aromatic carbocycles. The van der Waals surface area contributed by atoms with Gasteiger partial charge in [0.2, 0.25) is 0 Å². The van der Waals surface area contributed by atoms with E-state index in [4.69, 9.17) is 15.9 Å².